The van der Waals surface area contributed by atoms with Crippen LogP contribution in [0.25, 0.3) is 16.9 Å². The van der Waals surface area contributed by atoms with E-state index in [4.69, 9.17) is 9.47 Å². The van der Waals surface area contributed by atoms with E-state index in [1.54, 1.807) is 44.6 Å². The molecule has 1 amide bonds. The van der Waals surface area contributed by atoms with Crippen molar-refractivity contribution >= 4 is 11.6 Å². The quantitative estimate of drug-likeness (QED) is 0.245. The van der Waals surface area contributed by atoms with E-state index < -0.39 is 4.92 Å². The van der Waals surface area contributed by atoms with Gasteiger partial charge in [-0.2, -0.15) is 5.10 Å². The fourth-order valence-corrected chi connectivity index (χ4v) is 4.66. The van der Waals surface area contributed by atoms with E-state index >= 15 is 0 Å². The number of hydrogen-bond acceptors (Lipinski definition) is 7. The number of amides is 1. The third-order valence-electron chi connectivity index (χ3n) is 6.78. The van der Waals surface area contributed by atoms with Crippen molar-refractivity contribution in [2.75, 3.05) is 33.9 Å². The lowest BCUT2D eigenvalue weighted by Crippen LogP contribution is -2.39. The van der Waals surface area contributed by atoms with Gasteiger partial charge in [-0.25, -0.2) is 4.68 Å². The maximum absolute atomic E-state index is 13.3. The number of nitrogens with zero attached hydrogens (tertiary/aromatic N) is 4. The number of carbonyl (C=O) groups is 1. The summed E-state index contributed by atoms with van der Waals surface area (Å²) in [6.45, 7) is 4.84. The average Bonchev–Trinajstić information content (AvgIpc) is 3.37. The van der Waals surface area contributed by atoms with Crippen molar-refractivity contribution in [1.29, 1.82) is 0 Å². The normalized spacial score (nSPS) is 15.8. The molecular weight excluding hydrogens is 474 g/mol. The largest absolute Gasteiger partial charge is 0.497 e. The van der Waals surface area contributed by atoms with Gasteiger partial charge >= 0.3 is 0 Å². The van der Waals surface area contributed by atoms with Crippen molar-refractivity contribution in [3.05, 3.63) is 64.3 Å². The molecule has 0 radical (unpaired) electrons. The molecule has 1 aliphatic heterocycles. The van der Waals surface area contributed by atoms with Crippen LogP contribution in [0.2, 0.25) is 0 Å². The van der Waals surface area contributed by atoms with E-state index in [1.807, 2.05) is 6.07 Å². The molecule has 2 heterocycles. The van der Waals surface area contributed by atoms with Crippen LogP contribution in [0, 0.1) is 10.1 Å². The molecule has 196 valence electrons. The molecule has 3 aromatic rings. The maximum Gasteiger partial charge on any atom is 0.270 e. The van der Waals surface area contributed by atoms with E-state index in [0.29, 0.717) is 46.7 Å². The predicted molar refractivity (Wildman–Crippen MR) is 141 cm³/mol. The second kappa shape index (κ2) is 11.9. The topological polar surface area (TPSA) is 112 Å². The monoisotopic (exact) mass is 507 g/mol. The lowest BCUT2D eigenvalue weighted by molar-refractivity contribution is -0.384. The van der Waals surface area contributed by atoms with Gasteiger partial charge in [0, 0.05) is 42.9 Å². The van der Waals surface area contributed by atoms with E-state index in [1.165, 1.54) is 36.1 Å². The van der Waals surface area contributed by atoms with Crippen molar-refractivity contribution in [1.82, 2.24) is 20.0 Å². The Bertz CT molecular complexity index is 1240. The van der Waals surface area contributed by atoms with Crippen LogP contribution in [0.1, 0.15) is 43.1 Å². The summed E-state index contributed by atoms with van der Waals surface area (Å²) in [5.41, 5.74) is 2.05. The molecule has 0 bridgehead atoms. The van der Waals surface area contributed by atoms with Crippen LogP contribution in [0.15, 0.2) is 48.5 Å². The summed E-state index contributed by atoms with van der Waals surface area (Å²) in [5.74, 6) is 0.919. The number of rotatable bonds is 10. The van der Waals surface area contributed by atoms with Crippen LogP contribution in [0.3, 0.4) is 0 Å². The zero-order valence-corrected chi connectivity index (χ0v) is 21.5. The van der Waals surface area contributed by atoms with Crippen LogP contribution >= 0.6 is 0 Å². The minimum Gasteiger partial charge on any atom is -0.497 e. The molecule has 1 aromatic heterocycles. The Kier molecular flexibility index (Phi) is 8.39. The molecule has 0 spiro atoms. The number of hydrogen-bond donors (Lipinski definition) is 1. The van der Waals surface area contributed by atoms with Crippen LogP contribution in [0.5, 0.6) is 11.5 Å². The van der Waals surface area contributed by atoms with E-state index in [-0.39, 0.29) is 11.6 Å². The lowest BCUT2D eigenvalue weighted by Gasteiger charge is -2.33. The number of likely N-dealkylation sites (tertiary alicyclic amines) is 1. The van der Waals surface area contributed by atoms with Gasteiger partial charge in [0.2, 0.25) is 0 Å². The summed E-state index contributed by atoms with van der Waals surface area (Å²) in [6.07, 6.45) is 4.57. The molecule has 0 saturated carbocycles. The van der Waals surface area contributed by atoms with Crippen molar-refractivity contribution in [3.8, 4) is 28.4 Å². The van der Waals surface area contributed by atoms with Gasteiger partial charge in [-0.05, 0) is 63.1 Å². The smallest absolute Gasteiger partial charge is 0.270 e. The molecule has 1 aliphatic rings. The first-order chi connectivity index (χ1) is 17.9. The number of ether oxygens (including phenoxy) is 2. The molecule has 1 fully saturated rings. The van der Waals surface area contributed by atoms with Crippen molar-refractivity contribution < 1.29 is 19.2 Å². The molecule has 1 saturated heterocycles. The summed E-state index contributed by atoms with van der Waals surface area (Å²) < 4.78 is 12.3. The van der Waals surface area contributed by atoms with Gasteiger partial charge < -0.3 is 19.7 Å². The third-order valence-corrected chi connectivity index (χ3v) is 6.78. The zero-order valence-electron chi connectivity index (χ0n) is 21.5. The van der Waals surface area contributed by atoms with Crippen LogP contribution < -0.4 is 14.8 Å². The molecule has 10 heteroatoms. The van der Waals surface area contributed by atoms with E-state index in [9.17, 15) is 14.9 Å². The van der Waals surface area contributed by atoms with Crippen molar-refractivity contribution in [2.24, 2.45) is 0 Å². The molecule has 0 aliphatic carbocycles. The number of nitro groups is 1. The van der Waals surface area contributed by atoms with Gasteiger partial charge in [-0.15, -0.1) is 0 Å². The Morgan fingerprint density at radius 3 is 2.59 bits per heavy atom. The van der Waals surface area contributed by atoms with Crippen LogP contribution in [-0.4, -0.2) is 65.4 Å². The number of non-ortho nitro benzene ring substituents is 1. The fourth-order valence-electron chi connectivity index (χ4n) is 4.66. The molecular formula is C27H33N5O5. The van der Waals surface area contributed by atoms with E-state index in [0.717, 1.165) is 19.5 Å². The number of nitro benzene ring substituents is 1. The summed E-state index contributed by atoms with van der Waals surface area (Å²) >= 11 is 0. The SMILES string of the molecule is COc1ccc(-c2cc(C(=O)NCCCN3CCCCC3C)n(-c3ccc([N+](=O)[O-])cc3)n2)c(OC)c1. The van der Waals surface area contributed by atoms with Crippen LogP contribution in [-0.2, 0) is 0 Å². The minimum absolute atomic E-state index is 0.0362. The first kappa shape index (κ1) is 26.2. The highest BCUT2D eigenvalue weighted by Crippen LogP contribution is 2.33. The zero-order chi connectivity index (χ0) is 26.4. The lowest BCUT2D eigenvalue weighted by atomic mass is 10.0. The van der Waals surface area contributed by atoms with Crippen LogP contribution in [0.4, 0.5) is 5.69 Å². The number of carbonyl (C=O) groups excluding carboxylic acids is 1. The Hall–Kier alpha value is -3.92. The van der Waals surface area contributed by atoms with Gasteiger partial charge in [0.15, 0.2) is 0 Å². The molecule has 1 N–H and O–H groups in total. The maximum atomic E-state index is 13.3. The molecule has 10 nitrogen and oxygen atoms in total. The Labute approximate surface area is 216 Å². The first-order valence-corrected chi connectivity index (χ1v) is 12.5. The summed E-state index contributed by atoms with van der Waals surface area (Å²) in [5, 5.41) is 18.8. The van der Waals surface area contributed by atoms with E-state index in [2.05, 4.69) is 22.2 Å². The highest BCUT2D eigenvalue weighted by molar-refractivity contribution is 5.94. The molecule has 2 aromatic carbocycles. The fraction of sp³-hybridized carbons (Fsp3) is 0.407. The summed E-state index contributed by atoms with van der Waals surface area (Å²) in [7, 11) is 3.13. The minimum atomic E-state index is -0.461. The van der Waals surface area contributed by atoms with Gasteiger partial charge in [0.05, 0.1) is 30.5 Å². The number of nitrogens with one attached hydrogen (secondary N) is 1. The standard InChI is InChI=1S/C27H33N5O5/c1-19-7-4-5-15-30(19)16-6-14-28-27(33)25-18-24(23-13-12-22(36-2)17-26(23)37-3)29-31(25)20-8-10-21(11-9-20)32(34)35/h8-13,17-19H,4-7,14-16H2,1-3H3,(H,28,33). The second-order valence-electron chi connectivity index (χ2n) is 9.16. The third kappa shape index (κ3) is 6.08. The first-order valence-electron chi connectivity index (χ1n) is 12.5. The summed E-state index contributed by atoms with van der Waals surface area (Å²) in [4.78, 5) is 26.4. The number of piperidine rings is 1. The van der Waals surface area contributed by atoms with Gasteiger partial charge in [0.1, 0.15) is 17.2 Å². The Morgan fingerprint density at radius 2 is 1.92 bits per heavy atom. The molecule has 1 atom stereocenters. The predicted octanol–water partition coefficient (Wildman–Crippen LogP) is 4.46. The van der Waals surface area contributed by atoms with Gasteiger partial charge in [-0.1, -0.05) is 6.42 Å². The summed E-state index contributed by atoms with van der Waals surface area (Å²) in [6, 6.07) is 13.6. The Balaban J connectivity index is 1.58. The Morgan fingerprint density at radius 1 is 1.14 bits per heavy atom. The molecule has 1 unspecified atom stereocenters. The number of benzene rings is 2. The van der Waals surface area contributed by atoms with Gasteiger partial charge in [-0.3, -0.25) is 14.9 Å². The highest BCUT2D eigenvalue weighted by Gasteiger charge is 2.21. The second-order valence-corrected chi connectivity index (χ2v) is 9.16. The highest BCUT2D eigenvalue weighted by atomic mass is 16.6. The number of methoxy groups -OCH3 is 2. The average molecular weight is 508 g/mol. The molecule has 37 heavy (non-hydrogen) atoms. The van der Waals surface area contributed by atoms with Crippen molar-refractivity contribution in [3.63, 3.8) is 0 Å². The van der Waals surface area contributed by atoms with Crippen molar-refractivity contribution in [2.45, 2.75) is 38.6 Å². The molecule has 4 rings (SSSR count). The van der Waals surface area contributed by atoms with Gasteiger partial charge in [0.25, 0.3) is 11.6 Å². The number of aromatic nitrogens is 2.